The summed E-state index contributed by atoms with van der Waals surface area (Å²) < 4.78 is 30.9. The van der Waals surface area contributed by atoms with Crippen LogP contribution in [0.4, 0.5) is 14.0 Å². The minimum absolute atomic E-state index is 0.0363. The molecule has 4 aliphatic rings. The van der Waals surface area contributed by atoms with Crippen LogP contribution in [0.1, 0.15) is 98.8 Å². The number of ether oxygens (including phenoxy) is 3. The van der Waals surface area contributed by atoms with Crippen LogP contribution in [0.3, 0.4) is 0 Å². The molecule has 4 rings (SSSR count). The summed E-state index contributed by atoms with van der Waals surface area (Å²) in [6.45, 7) is 12.9. The Morgan fingerprint density at radius 2 is 1.72 bits per heavy atom. The molecule has 2 amide bonds. The molecule has 1 aliphatic carbocycles. The van der Waals surface area contributed by atoms with Crippen molar-refractivity contribution < 1.29 is 38.1 Å². The van der Waals surface area contributed by atoms with Crippen molar-refractivity contribution in [2.45, 2.75) is 129 Å². The van der Waals surface area contributed by atoms with Crippen LogP contribution in [0.2, 0.25) is 0 Å². The zero-order valence-corrected chi connectivity index (χ0v) is 31.1. The summed E-state index contributed by atoms with van der Waals surface area (Å²) in [4.78, 5) is 44.4. The van der Waals surface area contributed by atoms with Crippen molar-refractivity contribution in [3.05, 3.63) is 36.0 Å². The fourth-order valence-electron chi connectivity index (χ4n) is 7.42. The van der Waals surface area contributed by atoms with Gasteiger partial charge in [0.2, 0.25) is 0 Å². The van der Waals surface area contributed by atoms with Crippen LogP contribution in [0, 0.1) is 17.8 Å². The van der Waals surface area contributed by atoms with Gasteiger partial charge in [0.05, 0.1) is 13.2 Å². The van der Waals surface area contributed by atoms with Crippen molar-refractivity contribution in [2.75, 3.05) is 45.9 Å². The molecule has 0 aromatic heterocycles. The van der Waals surface area contributed by atoms with E-state index in [0.29, 0.717) is 44.9 Å². The number of esters is 1. The molecule has 1 N–H and O–H groups in total. The highest BCUT2D eigenvalue weighted by Gasteiger charge is 2.37. The number of cyclic esters (lactones) is 1. The predicted octanol–water partition coefficient (Wildman–Crippen LogP) is 6.83. The second kappa shape index (κ2) is 19.1. The van der Waals surface area contributed by atoms with E-state index in [0.717, 1.165) is 18.7 Å². The molecule has 3 heterocycles. The van der Waals surface area contributed by atoms with Crippen LogP contribution >= 0.6 is 0 Å². The number of piperazine rings is 1. The maximum absolute atomic E-state index is 13.5. The molecule has 0 bridgehead atoms. The lowest BCUT2D eigenvalue weighted by atomic mass is 9.87. The van der Waals surface area contributed by atoms with Gasteiger partial charge in [-0.1, -0.05) is 70.8 Å². The molecule has 1 saturated carbocycles. The van der Waals surface area contributed by atoms with Gasteiger partial charge in [-0.3, -0.25) is 9.69 Å². The van der Waals surface area contributed by atoms with Crippen LogP contribution in [0.5, 0.6) is 0 Å². The Balaban J connectivity index is 1.39. The van der Waals surface area contributed by atoms with Crippen LogP contribution in [-0.2, 0) is 19.0 Å². The minimum atomic E-state index is -1.32. The molecule has 11 heteroatoms. The summed E-state index contributed by atoms with van der Waals surface area (Å²) in [6, 6.07) is 0.602. The first-order chi connectivity index (χ1) is 23.8. The molecule has 0 spiro atoms. The van der Waals surface area contributed by atoms with Crippen molar-refractivity contribution in [3.8, 4) is 0 Å². The number of alkyl halides is 1. The zero-order valence-electron chi connectivity index (χ0n) is 31.1. The molecule has 0 unspecified atom stereocenters. The van der Waals surface area contributed by atoms with Crippen molar-refractivity contribution in [3.63, 3.8) is 0 Å². The van der Waals surface area contributed by atoms with Crippen LogP contribution in [0.25, 0.3) is 0 Å². The molecule has 282 valence electrons. The molecule has 10 nitrogen and oxygen atoms in total. The summed E-state index contributed by atoms with van der Waals surface area (Å²) in [5.41, 5.74) is -0.505. The number of carbonyl (C=O) groups excluding carboxylic acids is 3. The van der Waals surface area contributed by atoms with Gasteiger partial charge in [-0.25, -0.2) is 14.0 Å². The number of hydrogen-bond acceptors (Lipinski definition) is 8. The quantitative estimate of drug-likeness (QED) is 0.101. The molecular formula is C39H62FN3O7. The lowest BCUT2D eigenvalue weighted by Crippen LogP contribution is -2.53. The maximum Gasteiger partial charge on any atom is 0.410 e. The number of amides is 2. The Morgan fingerprint density at radius 1 is 1.02 bits per heavy atom. The van der Waals surface area contributed by atoms with Gasteiger partial charge in [0, 0.05) is 57.0 Å². The van der Waals surface area contributed by atoms with E-state index in [9.17, 15) is 23.9 Å². The molecule has 0 radical (unpaired) electrons. The number of aliphatic hydroxyl groups is 1. The number of carbonyl (C=O) groups is 3. The smallest absolute Gasteiger partial charge is 0.410 e. The number of allylic oxidation sites excluding steroid dienone is 2. The summed E-state index contributed by atoms with van der Waals surface area (Å²) in [5, 5.41) is 11.6. The summed E-state index contributed by atoms with van der Waals surface area (Å²) in [6.07, 6.45) is 15.0. The third-order valence-corrected chi connectivity index (χ3v) is 10.8. The van der Waals surface area contributed by atoms with E-state index in [1.165, 1.54) is 43.4 Å². The highest BCUT2D eigenvalue weighted by Crippen LogP contribution is 2.29. The summed E-state index contributed by atoms with van der Waals surface area (Å²) in [7, 11) is 0. The van der Waals surface area contributed by atoms with E-state index in [4.69, 9.17) is 14.2 Å². The predicted molar refractivity (Wildman–Crippen MR) is 191 cm³/mol. The summed E-state index contributed by atoms with van der Waals surface area (Å²) in [5.74, 6) is -0.702. The Morgan fingerprint density at radius 3 is 2.38 bits per heavy atom. The van der Waals surface area contributed by atoms with E-state index in [1.54, 1.807) is 17.9 Å². The van der Waals surface area contributed by atoms with Crippen LogP contribution in [0.15, 0.2) is 36.0 Å². The van der Waals surface area contributed by atoms with Gasteiger partial charge in [-0.15, -0.1) is 0 Å². The van der Waals surface area contributed by atoms with E-state index in [2.05, 4.69) is 4.90 Å². The second-order valence-electron chi connectivity index (χ2n) is 15.5. The normalized spacial score (nSPS) is 32.8. The molecule has 3 fully saturated rings. The van der Waals surface area contributed by atoms with Crippen molar-refractivity contribution in [1.29, 1.82) is 0 Å². The Bertz CT molecular complexity index is 1210. The SMILES string of the molecule is C/C(=C\C=C\[C@@H](C)COC(=O)N1CC[C@H](F)C1)[C@H]1OC(=O)C[C@H](C)CC[C@@](C)(O)[C@@H](OC(=O)N2CCN(C3CCCCCC3)CC2)/C=C/[C@@H]1C. The fourth-order valence-corrected chi connectivity index (χ4v) is 7.42. The highest BCUT2D eigenvalue weighted by molar-refractivity contribution is 5.70. The van der Waals surface area contributed by atoms with Crippen LogP contribution < -0.4 is 0 Å². The standard InChI is InChI=1S/C39H62FN3O7/c1-28-17-19-39(5,47)34(49-38(46)42-23-21-41(22-24-42)33-13-8-6-7-9-14-33)16-15-31(4)36(50-35(44)25-28)30(3)12-10-11-29(2)27-48-37(45)43-20-18-32(40)26-43/h10-12,15-16,28-29,31-34,36,47H,6-9,13-14,17-27H2,1-5H3/b11-10+,16-15+,30-12+/t28-,29-,31+,32+,34+,36-,39-/m1/s1. The number of rotatable bonds is 7. The number of hydrogen-bond donors (Lipinski definition) is 1. The van der Waals surface area contributed by atoms with E-state index >= 15 is 0 Å². The number of nitrogens with zero attached hydrogens (tertiary/aromatic N) is 3. The Labute approximate surface area is 299 Å². The van der Waals surface area contributed by atoms with Gasteiger partial charge in [-0.05, 0) is 63.5 Å². The van der Waals surface area contributed by atoms with Gasteiger partial charge < -0.3 is 29.1 Å². The first-order valence-electron chi connectivity index (χ1n) is 19.0. The van der Waals surface area contributed by atoms with Gasteiger partial charge >= 0.3 is 18.2 Å². The lowest BCUT2D eigenvalue weighted by molar-refractivity contribution is -0.150. The van der Waals surface area contributed by atoms with E-state index in [-0.39, 0.29) is 43.3 Å². The first-order valence-corrected chi connectivity index (χ1v) is 19.0. The molecule has 2 saturated heterocycles. The minimum Gasteiger partial charge on any atom is -0.457 e. The topological polar surface area (TPSA) is 109 Å². The third kappa shape index (κ3) is 12.1. The van der Waals surface area contributed by atoms with Gasteiger partial charge in [-0.2, -0.15) is 0 Å². The molecular weight excluding hydrogens is 641 g/mol. The average molecular weight is 704 g/mol. The Hall–Kier alpha value is -2.92. The van der Waals surface area contributed by atoms with Gasteiger partial charge in [0.25, 0.3) is 0 Å². The third-order valence-electron chi connectivity index (χ3n) is 10.8. The lowest BCUT2D eigenvalue weighted by Gasteiger charge is -2.40. The largest absolute Gasteiger partial charge is 0.457 e. The van der Waals surface area contributed by atoms with Crippen molar-refractivity contribution in [2.24, 2.45) is 17.8 Å². The molecule has 3 aliphatic heterocycles. The highest BCUT2D eigenvalue weighted by atomic mass is 19.1. The van der Waals surface area contributed by atoms with Gasteiger partial charge in [0.15, 0.2) is 6.10 Å². The molecule has 7 atom stereocenters. The molecule has 0 aromatic rings. The maximum atomic E-state index is 13.5. The second-order valence-corrected chi connectivity index (χ2v) is 15.5. The monoisotopic (exact) mass is 703 g/mol. The summed E-state index contributed by atoms with van der Waals surface area (Å²) >= 11 is 0. The fraction of sp³-hybridized carbons (Fsp3) is 0.769. The average Bonchev–Trinajstić information content (AvgIpc) is 3.34. The number of halogens is 1. The van der Waals surface area contributed by atoms with Crippen LogP contribution in [-0.4, -0.2) is 114 Å². The molecule has 50 heavy (non-hydrogen) atoms. The van der Waals surface area contributed by atoms with Crippen molar-refractivity contribution >= 4 is 18.2 Å². The number of likely N-dealkylation sites (tertiary alicyclic amines) is 1. The van der Waals surface area contributed by atoms with Crippen molar-refractivity contribution in [1.82, 2.24) is 14.7 Å². The zero-order chi connectivity index (χ0) is 36.3. The first kappa shape index (κ1) is 39.9. The van der Waals surface area contributed by atoms with Gasteiger partial charge in [0.1, 0.15) is 17.9 Å². The van der Waals surface area contributed by atoms with E-state index in [1.807, 2.05) is 52.0 Å². The Kier molecular flexibility index (Phi) is 15.2. The molecule has 0 aromatic carbocycles. The van der Waals surface area contributed by atoms with E-state index < -0.39 is 36.2 Å².